The highest BCUT2D eigenvalue weighted by Gasteiger charge is 2.66. The summed E-state index contributed by atoms with van der Waals surface area (Å²) >= 11 is 0. The van der Waals surface area contributed by atoms with Gasteiger partial charge in [0.2, 0.25) is 11.4 Å². The maximum atomic E-state index is 14.4. The molecule has 0 aromatic heterocycles. The quantitative estimate of drug-likeness (QED) is 0.244. The topological polar surface area (TPSA) is 166 Å². The molecule has 3 aliphatic carbocycles. The normalized spacial score (nSPS) is 24.7. The van der Waals surface area contributed by atoms with Crippen LogP contribution in [0.3, 0.4) is 0 Å². The number of carbonyl (C=O) groups is 5. The molecule has 1 aromatic carbocycles. The zero-order valence-corrected chi connectivity index (χ0v) is 25.6. The van der Waals surface area contributed by atoms with Gasteiger partial charge in [-0.1, -0.05) is 13.3 Å². The van der Waals surface area contributed by atoms with Gasteiger partial charge in [0.25, 0.3) is 5.91 Å². The fraction of sp³-hybridized carbons (Fsp3) is 0.516. The van der Waals surface area contributed by atoms with E-state index in [2.05, 4.69) is 0 Å². The van der Waals surface area contributed by atoms with E-state index in [-0.39, 0.29) is 23.3 Å². The summed E-state index contributed by atoms with van der Waals surface area (Å²) in [5.74, 6) is -7.03. The zero-order valence-electron chi connectivity index (χ0n) is 25.6. The van der Waals surface area contributed by atoms with E-state index in [1.807, 2.05) is 32.0 Å². The Kier molecular flexibility index (Phi) is 8.73. The van der Waals surface area contributed by atoms with Gasteiger partial charge in [0, 0.05) is 45.1 Å². The first-order valence-corrected chi connectivity index (χ1v) is 14.3. The SMILES string of the molecule is CCCCOc1ccc(N(C)C)c2c1C(=O)C1=C(O)[C@]3(OC(C)=O)C(=O)C(C(N)=O)=C(OC(C)=O)C(N(C)C)[C@@H]3C[C@@H]1C2. The average molecular weight is 598 g/mol. The summed E-state index contributed by atoms with van der Waals surface area (Å²) in [5, 5.41) is 12.0. The number of likely N-dealkylation sites (N-methyl/N-ethyl adjacent to an activating group) is 1. The Labute approximate surface area is 250 Å². The minimum absolute atomic E-state index is 0.0665. The van der Waals surface area contributed by atoms with Crippen molar-refractivity contribution in [2.24, 2.45) is 17.6 Å². The van der Waals surface area contributed by atoms with Gasteiger partial charge < -0.3 is 30.0 Å². The van der Waals surface area contributed by atoms with Gasteiger partial charge in [0.1, 0.15) is 17.1 Å². The molecule has 0 bridgehead atoms. The monoisotopic (exact) mass is 597 g/mol. The number of aliphatic hydroxyl groups excluding tert-OH is 1. The highest BCUT2D eigenvalue weighted by Crippen LogP contribution is 2.55. The molecule has 0 radical (unpaired) electrons. The van der Waals surface area contributed by atoms with Gasteiger partial charge in [0.15, 0.2) is 11.5 Å². The van der Waals surface area contributed by atoms with Gasteiger partial charge in [-0.3, -0.25) is 28.9 Å². The van der Waals surface area contributed by atoms with Crippen LogP contribution in [-0.4, -0.2) is 85.9 Å². The number of benzene rings is 1. The number of aliphatic hydroxyl groups is 1. The van der Waals surface area contributed by atoms with Crippen LogP contribution in [0.2, 0.25) is 0 Å². The predicted octanol–water partition coefficient (Wildman–Crippen LogP) is 2.24. The number of rotatable bonds is 9. The van der Waals surface area contributed by atoms with E-state index in [1.54, 1.807) is 25.1 Å². The van der Waals surface area contributed by atoms with Gasteiger partial charge in [-0.2, -0.15) is 0 Å². The van der Waals surface area contributed by atoms with E-state index < -0.39 is 64.2 Å². The van der Waals surface area contributed by atoms with Crippen molar-refractivity contribution in [2.45, 2.75) is 58.1 Å². The molecule has 43 heavy (non-hydrogen) atoms. The van der Waals surface area contributed by atoms with E-state index >= 15 is 0 Å². The molecule has 3 aliphatic rings. The molecule has 0 fully saturated rings. The number of amides is 1. The summed E-state index contributed by atoms with van der Waals surface area (Å²) in [6.45, 7) is 4.57. The first kappa shape index (κ1) is 31.7. The van der Waals surface area contributed by atoms with Gasteiger partial charge in [-0.15, -0.1) is 0 Å². The van der Waals surface area contributed by atoms with E-state index in [0.717, 1.165) is 37.9 Å². The maximum absolute atomic E-state index is 14.4. The van der Waals surface area contributed by atoms with Crippen LogP contribution < -0.4 is 15.4 Å². The number of allylic oxidation sites excluding steroid dienone is 1. The number of hydrogen-bond acceptors (Lipinski definition) is 11. The number of nitrogens with zero attached hydrogens (tertiary/aromatic N) is 2. The summed E-state index contributed by atoms with van der Waals surface area (Å²) in [5.41, 5.74) is 4.14. The van der Waals surface area contributed by atoms with Gasteiger partial charge in [-0.25, -0.2) is 0 Å². The lowest BCUT2D eigenvalue weighted by Gasteiger charge is -2.52. The molecule has 12 nitrogen and oxygen atoms in total. The molecule has 0 saturated carbocycles. The second-order valence-electron chi connectivity index (χ2n) is 11.6. The van der Waals surface area contributed by atoms with Crippen LogP contribution in [0, 0.1) is 11.8 Å². The minimum Gasteiger partial charge on any atom is -0.507 e. The Bertz CT molecular complexity index is 1460. The lowest BCUT2D eigenvalue weighted by atomic mass is 9.58. The summed E-state index contributed by atoms with van der Waals surface area (Å²) in [7, 11) is 6.97. The van der Waals surface area contributed by atoms with E-state index in [1.165, 1.54) is 0 Å². The van der Waals surface area contributed by atoms with Crippen molar-refractivity contribution in [1.29, 1.82) is 0 Å². The summed E-state index contributed by atoms with van der Waals surface area (Å²) in [6.07, 6.45) is 2.01. The number of hydrogen-bond donors (Lipinski definition) is 2. The van der Waals surface area contributed by atoms with Crippen molar-refractivity contribution in [2.75, 3.05) is 39.7 Å². The first-order chi connectivity index (χ1) is 20.2. The molecule has 0 saturated heterocycles. The third-order valence-corrected chi connectivity index (χ3v) is 8.31. The van der Waals surface area contributed by atoms with Crippen LogP contribution in [0.25, 0.3) is 0 Å². The molecular weight excluding hydrogens is 558 g/mol. The van der Waals surface area contributed by atoms with Crippen LogP contribution in [0.1, 0.15) is 56.0 Å². The molecule has 4 rings (SSSR count). The first-order valence-electron chi connectivity index (χ1n) is 14.3. The number of unbranched alkanes of at least 4 members (excludes halogenated alkanes) is 1. The molecule has 4 atom stereocenters. The summed E-state index contributed by atoms with van der Waals surface area (Å²) < 4.78 is 17.1. The van der Waals surface area contributed by atoms with E-state index in [0.29, 0.717) is 18.8 Å². The number of esters is 2. The number of ether oxygens (including phenoxy) is 3. The largest absolute Gasteiger partial charge is 0.507 e. The fourth-order valence-electron chi connectivity index (χ4n) is 6.70. The third kappa shape index (κ3) is 5.17. The molecule has 3 N–H and O–H groups in total. The molecule has 0 spiro atoms. The Morgan fingerprint density at radius 3 is 2.30 bits per heavy atom. The smallest absolute Gasteiger partial charge is 0.307 e. The molecule has 0 aliphatic heterocycles. The zero-order chi connectivity index (χ0) is 32.0. The molecule has 1 unspecified atom stereocenters. The van der Waals surface area contributed by atoms with Crippen LogP contribution in [0.5, 0.6) is 5.75 Å². The van der Waals surface area contributed by atoms with E-state index in [4.69, 9.17) is 19.9 Å². The Balaban J connectivity index is 2.04. The van der Waals surface area contributed by atoms with Crippen molar-refractivity contribution in [3.63, 3.8) is 0 Å². The van der Waals surface area contributed by atoms with Gasteiger partial charge in [0.05, 0.1) is 18.2 Å². The highest BCUT2D eigenvalue weighted by atomic mass is 16.6. The second-order valence-corrected chi connectivity index (χ2v) is 11.6. The molecule has 232 valence electrons. The van der Waals surface area contributed by atoms with Crippen molar-refractivity contribution in [1.82, 2.24) is 4.90 Å². The van der Waals surface area contributed by atoms with Crippen molar-refractivity contribution in [3.8, 4) is 5.75 Å². The standard InChI is InChI=1S/C31H39N3O9/c1-8-9-12-41-21-11-10-20(33(4)5)18-13-17-14-19-25(34(6)7)27(42-15(2)35)24(30(32)40)29(39)31(19,43-16(3)36)28(38)22(17)26(37)23(18)21/h10-11,17,19,25,38H,8-9,12-14H2,1-7H3,(H2,32,40)/t17-,19-,25?,31-/m0/s1. The van der Waals surface area contributed by atoms with Crippen molar-refractivity contribution >= 4 is 35.1 Å². The summed E-state index contributed by atoms with van der Waals surface area (Å²) in [6, 6.07) is 2.57. The predicted molar refractivity (Wildman–Crippen MR) is 155 cm³/mol. The van der Waals surface area contributed by atoms with Crippen LogP contribution in [0.15, 0.2) is 34.8 Å². The number of anilines is 1. The number of nitrogens with two attached hydrogens (primary N) is 1. The van der Waals surface area contributed by atoms with Gasteiger partial charge in [-0.05, 0) is 57.0 Å². The lowest BCUT2D eigenvalue weighted by Crippen LogP contribution is -2.65. The van der Waals surface area contributed by atoms with Crippen LogP contribution in [-0.2, 0) is 35.1 Å². The highest BCUT2D eigenvalue weighted by molar-refractivity contribution is 6.25. The number of fused-ring (bicyclic) bond motifs is 3. The second kappa shape index (κ2) is 11.8. The third-order valence-electron chi connectivity index (χ3n) is 8.31. The molecule has 1 amide bonds. The fourth-order valence-corrected chi connectivity index (χ4v) is 6.70. The lowest BCUT2D eigenvalue weighted by molar-refractivity contribution is -0.178. The number of carbonyl (C=O) groups excluding carboxylic acids is 5. The Hall–Kier alpha value is -4.19. The van der Waals surface area contributed by atoms with Crippen LogP contribution >= 0.6 is 0 Å². The Morgan fingerprint density at radius 2 is 1.77 bits per heavy atom. The number of Topliss-reactive ketones (excluding diaryl/α,β-unsaturated/α-hetero) is 2. The molecule has 12 heteroatoms. The summed E-state index contributed by atoms with van der Waals surface area (Å²) in [4.78, 5) is 69.6. The van der Waals surface area contributed by atoms with Crippen LogP contribution in [0.4, 0.5) is 5.69 Å². The van der Waals surface area contributed by atoms with Crippen molar-refractivity contribution in [3.05, 3.63) is 45.9 Å². The number of ketones is 2. The maximum Gasteiger partial charge on any atom is 0.307 e. The van der Waals surface area contributed by atoms with Crippen molar-refractivity contribution < 1.29 is 43.3 Å². The minimum atomic E-state index is -2.46. The molecule has 0 heterocycles. The van der Waals surface area contributed by atoms with Gasteiger partial charge >= 0.3 is 11.9 Å². The van der Waals surface area contributed by atoms with E-state index in [9.17, 15) is 29.1 Å². The number of primary amides is 1. The molecular formula is C31H39N3O9. The average Bonchev–Trinajstić information content (AvgIpc) is 2.89. The Morgan fingerprint density at radius 1 is 1.09 bits per heavy atom. The molecule has 1 aromatic rings.